The number of hydrogen-bond acceptors (Lipinski definition) is 5. The van der Waals surface area contributed by atoms with Gasteiger partial charge in [-0.25, -0.2) is 9.59 Å². The van der Waals surface area contributed by atoms with Crippen molar-refractivity contribution in [3.05, 3.63) is 0 Å². The Balaban J connectivity index is 0.00000118. The van der Waals surface area contributed by atoms with Crippen LogP contribution < -0.4 is 5.32 Å². The zero-order valence-corrected chi connectivity index (χ0v) is 16.2. The van der Waals surface area contributed by atoms with Crippen LogP contribution in [0.5, 0.6) is 0 Å². The predicted molar refractivity (Wildman–Crippen MR) is 93.7 cm³/mol. The lowest BCUT2D eigenvalue weighted by molar-refractivity contribution is -0.152. The third kappa shape index (κ3) is 10.5. The molecule has 1 aliphatic carbocycles. The van der Waals surface area contributed by atoms with Crippen LogP contribution in [0.25, 0.3) is 0 Å². The molecule has 1 amide bonds. The van der Waals surface area contributed by atoms with Crippen molar-refractivity contribution in [3.8, 4) is 0 Å². The van der Waals surface area contributed by atoms with Gasteiger partial charge in [-0.05, 0) is 39.0 Å². The summed E-state index contributed by atoms with van der Waals surface area (Å²) in [5.74, 6) is 0.514. The molecule has 1 rings (SSSR count). The molecule has 6 nitrogen and oxygen atoms in total. The molecule has 0 heterocycles. The third-order valence-electron chi connectivity index (χ3n) is 3.34. The zero-order chi connectivity index (χ0) is 18.9. The predicted octanol–water partition coefficient (Wildman–Crippen LogP) is 3.27. The SMILES string of the molecule is CC(C)C.COC(=O)C(O)C(CC1CCC1)NC(=O)OC(C)(C)C. The lowest BCUT2D eigenvalue weighted by Gasteiger charge is -2.32. The monoisotopic (exact) mass is 345 g/mol. The number of rotatable bonds is 5. The van der Waals surface area contributed by atoms with Gasteiger partial charge in [-0.1, -0.05) is 40.0 Å². The van der Waals surface area contributed by atoms with Crippen molar-refractivity contribution >= 4 is 12.1 Å². The summed E-state index contributed by atoms with van der Waals surface area (Å²) in [4.78, 5) is 23.2. The molecule has 0 aromatic carbocycles. The topological polar surface area (TPSA) is 84.9 Å². The van der Waals surface area contributed by atoms with Crippen molar-refractivity contribution in [2.24, 2.45) is 11.8 Å². The van der Waals surface area contributed by atoms with Gasteiger partial charge in [-0.15, -0.1) is 0 Å². The smallest absolute Gasteiger partial charge is 0.407 e. The number of nitrogens with one attached hydrogen (secondary N) is 1. The molecule has 24 heavy (non-hydrogen) atoms. The van der Waals surface area contributed by atoms with Gasteiger partial charge in [0, 0.05) is 0 Å². The van der Waals surface area contributed by atoms with Gasteiger partial charge >= 0.3 is 12.1 Å². The maximum absolute atomic E-state index is 11.8. The van der Waals surface area contributed by atoms with E-state index in [1.807, 2.05) is 0 Å². The molecule has 1 aliphatic rings. The number of aliphatic hydroxyl groups excluding tert-OH is 1. The molecule has 2 N–H and O–H groups in total. The lowest BCUT2D eigenvalue weighted by Crippen LogP contribution is -2.50. The van der Waals surface area contributed by atoms with Crippen LogP contribution >= 0.6 is 0 Å². The highest BCUT2D eigenvalue weighted by Gasteiger charge is 2.33. The van der Waals surface area contributed by atoms with Crippen molar-refractivity contribution in [1.29, 1.82) is 0 Å². The molecule has 0 spiro atoms. The van der Waals surface area contributed by atoms with E-state index in [1.165, 1.54) is 7.11 Å². The highest BCUT2D eigenvalue weighted by molar-refractivity contribution is 5.76. The number of carbonyl (C=O) groups excluding carboxylic acids is 2. The highest BCUT2D eigenvalue weighted by atomic mass is 16.6. The summed E-state index contributed by atoms with van der Waals surface area (Å²) in [6.45, 7) is 11.8. The molecule has 0 bridgehead atoms. The second kappa shape index (κ2) is 10.5. The maximum atomic E-state index is 11.8. The molecule has 0 aromatic rings. The summed E-state index contributed by atoms with van der Waals surface area (Å²) in [6, 6.07) is -0.678. The molecular formula is C18H35NO5. The normalized spacial score (nSPS) is 17.0. The third-order valence-corrected chi connectivity index (χ3v) is 3.34. The minimum absolute atomic E-state index is 0.425. The fraction of sp³-hybridized carbons (Fsp3) is 0.889. The van der Waals surface area contributed by atoms with Crippen LogP contribution in [0.15, 0.2) is 0 Å². The summed E-state index contributed by atoms with van der Waals surface area (Å²) >= 11 is 0. The van der Waals surface area contributed by atoms with Crippen LogP contribution in [0, 0.1) is 11.8 Å². The number of amides is 1. The first-order chi connectivity index (χ1) is 11.0. The minimum Gasteiger partial charge on any atom is -0.467 e. The van der Waals surface area contributed by atoms with Crippen molar-refractivity contribution < 1.29 is 24.2 Å². The van der Waals surface area contributed by atoms with Crippen molar-refractivity contribution in [2.45, 2.75) is 85.0 Å². The maximum Gasteiger partial charge on any atom is 0.407 e. The van der Waals surface area contributed by atoms with E-state index in [0.717, 1.165) is 25.2 Å². The molecule has 1 saturated carbocycles. The standard InChI is InChI=1S/C14H25NO5.C4H10/c1-14(2,3)20-13(18)15-10(8-9-6-5-7-9)11(16)12(17)19-4;1-4(2)3/h9-11,16H,5-8H2,1-4H3,(H,15,18);4H,1-3H3. The molecule has 2 unspecified atom stereocenters. The van der Waals surface area contributed by atoms with Gasteiger partial charge in [0.2, 0.25) is 0 Å². The van der Waals surface area contributed by atoms with Gasteiger partial charge in [-0.3, -0.25) is 0 Å². The van der Waals surface area contributed by atoms with Crippen LogP contribution in [0.1, 0.15) is 67.2 Å². The minimum atomic E-state index is -1.37. The van der Waals surface area contributed by atoms with Crippen molar-refractivity contribution in [3.63, 3.8) is 0 Å². The second-order valence-corrected chi connectivity index (χ2v) is 7.99. The summed E-state index contributed by atoms with van der Waals surface area (Å²) < 4.78 is 9.68. The first-order valence-electron chi connectivity index (χ1n) is 8.71. The summed E-state index contributed by atoms with van der Waals surface area (Å²) in [5.41, 5.74) is -0.624. The van der Waals surface area contributed by atoms with E-state index in [1.54, 1.807) is 20.8 Å². The van der Waals surface area contributed by atoms with Gasteiger partial charge in [-0.2, -0.15) is 0 Å². The lowest BCUT2D eigenvalue weighted by atomic mass is 9.80. The Hall–Kier alpha value is -1.30. The molecule has 142 valence electrons. The Bertz CT molecular complexity index is 383. The Morgan fingerprint density at radius 1 is 1.21 bits per heavy atom. The van der Waals surface area contributed by atoms with Crippen LogP contribution in [0.2, 0.25) is 0 Å². The van der Waals surface area contributed by atoms with Crippen LogP contribution in [-0.2, 0) is 14.3 Å². The first kappa shape index (κ1) is 22.7. The van der Waals surface area contributed by atoms with Gasteiger partial charge in [0.1, 0.15) is 5.60 Å². The summed E-state index contributed by atoms with van der Waals surface area (Å²) in [7, 11) is 1.21. The Morgan fingerprint density at radius 3 is 2.04 bits per heavy atom. The van der Waals surface area contributed by atoms with Gasteiger partial charge < -0.3 is 19.9 Å². The number of hydrogen-bond donors (Lipinski definition) is 2. The average Bonchev–Trinajstić information content (AvgIpc) is 2.36. The van der Waals surface area contributed by atoms with E-state index in [2.05, 4.69) is 30.8 Å². The van der Waals surface area contributed by atoms with Crippen LogP contribution in [0.3, 0.4) is 0 Å². The molecule has 0 aliphatic heterocycles. The zero-order valence-electron chi connectivity index (χ0n) is 16.2. The highest BCUT2D eigenvalue weighted by Crippen LogP contribution is 2.31. The van der Waals surface area contributed by atoms with Crippen LogP contribution in [-0.4, -0.2) is 42.0 Å². The Kier molecular flexibility index (Phi) is 9.97. The van der Waals surface area contributed by atoms with Crippen molar-refractivity contribution in [1.82, 2.24) is 5.32 Å². The van der Waals surface area contributed by atoms with E-state index < -0.39 is 29.8 Å². The largest absolute Gasteiger partial charge is 0.467 e. The molecule has 0 aromatic heterocycles. The van der Waals surface area contributed by atoms with Gasteiger partial charge in [0.15, 0.2) is 6.10 Å². The van der Waals surface area contributed by atoms with Gasteiger partial charge in [0.25, 0.3) is 0 Å². The van der Waals surface area contributed by atoms with Crippen molar-refractivity contribution in [2.75, 3.05) is 7.11 Å². The quantitative estimate of drug-likeness (QED) is 0.747. The second-order valence-electron chi connectivity index (χ2n) is 7.99. The summed E-state index contributed by atoms with van der Waals surface area (Å²) in [5, 5.41) is 12.5. The van der Waals surface area contributed by atoms with E-state index in [9.17, 15) is 14.7 Å². The number of methoxy groups -OCH3 is 1. The number of esters is 1. The molecule has 1 fully saturated rings. The van der Waals surface area contributed by atoms with E-state index in [-0.39, 0.29) is 0 Å². The molecule has 0 saturated heterocycles. The number of ether oxygens (including phenoxy) is 2. The molecule has 0 radical (unpaired) electrons. The fourth-order valence-corrected chi connectivity index (χ4v) is 2.10. The fourth-order valence-electron chi connectivity index (χ4n) is 2.10. The molecule has 2 atom stereocenters. The Morgan fingerprint density at radius 2 is 1.71 bits per heavy atom. The number of alkyl carbamates (subject to hydrolysis) is 1. The molecule has 6 heteroatoms. The van der Waals surface area contributed by atoms with E-state index in [0.29, 0.717) is 12.3 Å². The summed E-state index contributed by atoms with van der Waals surface area (Å²) in [6.07, 6.45) is 1.81. The Labute approximate surface area is 146 Å². The van der Waals surface area contributed by atoms with E-state index in [4.69, 9.17) is 4.74 Å². The first-order valence-corrected chi connectivity index (χ1v) is 8.71. The number of carbonyl (C=O) groups is 2. The van der Waals surface area contributed by atoms with Gasteiger partial charge in [0.05, 0.1) is 13.2 Å². The van der Waals surface area contributed by atoms with Crippen LogP contribution in [0.4, 0.5) is 4.79 Å². The van der Waals surface area contributed by atoms with E-state index >= 15 is 0 Å². The molecular weight excluding hydrogens is 310 g/mol. The average molecular weight is 345 g/mol. The number of aliphatic hydroxyl groups is 1.